The average molecular weight is 180 g/mol. The van der Waals surface area contributed by atoms with E-state index in [1.165, 1.54) is 0 Å². The Morgan fingerprint density at radius 1 is 1.62 bits per heavy atom. The summed E-state index contributed by atoms with van der Waals surface area (Å²) in [7, 11) is 2.14. The van der Waals surface area contributed by atoms with Crippen LogP contribution >= 0.6 is 0 Å². The van der Waals surface area contributed by atoms with Gasteiger partial charge >= 0.3 is 0 Å². The van der Waals surface area contributed by atoms with Gasteiger partial charge in [-0.3, -0.25) is 0 Å². The van der Waals surface area contributed by atoms with E-state index >= 15 is 0 Å². The first-order valence-electron chi connectivity index (χ1n) is 4.68. The maximum atomic E-state index is 5.44. The van der Waals surface area contributed by atoms with Gasteiger partial charge in [-0.1, -0.05) is 0 Å². The fourth-order valence-corrected chi connectivity index (χ4v) is 1.96. The molecule has 1 aromatic rings. The molecule has 2 rings (SSSR count). The Morgan fingerprint density at radius 3 is 3.08 bits per heavy atom. The van der Waals surface area contributed by atoms with Gasteiger partial charge in [0.2, 0.25) is 0 Å². The molecule has 0 amide bonds. The zero-order valence-electron chi connectivity index (χ0n) is 8.21. The Hall–Kier alpha value is -0.800. The van der Waals surface area contributed by atoms with Crippen molar-refractivity contribution in [2.75, 3.05) is 26.7 Å². The summed E-state index contributed by atoms with van der Waals surface area (Å²) in [4.78, 5) is 2.32. The van der Waals surface area contributed by atoms with Gasteiger partial charge in [0, 0.05) is 19.6 Å². The summed E-state index contributed by atoms with van der Waals surface area (Å²) < 4.78 is 5.44. The van der Waals surface area contributed by atoms with Crippen LogP contribution in [-0.2, 0) is 5.54 Å². The van der Waals surface area contributed by atoms with E-state index in [-0.39, 0.29) is 5.54 Å². The molecule has 13 heavy (non-hydrogen) atoms. The topological polar surface area (TPSA) is 28.4 Å². The first-order valence-corrected chi connectivity index (χ1v) is 4.68. The number of likely N-dealkylation sites (N-methyl/N-ethyl adjacent to an activating group) is 1. The van der Waals surface area contributed by atoms with E-state index in [0.717, 1.165) is 25.4 Å². The van der Waals surface area contributed by atoms with Crippen LogP contribution in [0.25, 0.3) is 0 Å². The lowest BCUT2D eigenvalue weighted by Crippen LogP contribution is -2.55. The summed E-state index contributed by atoms with van der Waals surface area (Å²) in [5.41, 5.74) is -0.0174. The molecule has 72 valence electrons. The molecular formula is C10H16N2O. The van der Waals surface area contributed by atoms with E-state index in [2.05, 4.69) is 24.2 Å². The number of hydrogen-bond acceptors (Lipinski definition) is 3. The van der Waals surface area contributed by atoms with Crippen LogP contribution in [0.5, 0.6) is 0 Å². The molecule has 1 aliphatic heterocycles. The summed E-state index contributed by atoms with van der Waals surface area (Å²) >= 11 is 0. The highest BCUT2D eigenvalue weighted by Crippen LogP contribution is 2.23. The highest BCUT2D eigenvalue weighted by Gasteiger charge is 2.32. The van der Waals surface area contributed by atoms with Gasteiger partial charge in [-0.15, -0.1) is 0 Å². The Morgan fingerprint density at radius 2 is 2.46 bits per heavy atom. The largest absolute Gasteiger partial charge is 0.467 e. The van der Waals surface area contributed by atoms with Crippen molar-refractivity contribution in [3.8, 4) is 0 Å². The van der Waals surface area contributed by atoms with Crippen molar-refractivity contribution in [2.24, 2.45) is 0 Å². The molecule has 0 spiro atoms. The number of piperazine rings is 1. The SMILES string of the molecule is CN1CCNC(C)(c2ccco2)C1. The zero-order chi connectivity index (χ0) is 9.31. The van der Waals surface area contributed by atoms with Crippen molar-refractivity contribution < 1.29 is 4.42 Å². The van der Waals surface area contributed by atoms with Crippen LogP contribution in [0.15, 0.2) is 22.8 Å². The predicted molar refractivity (Wildman–Crippen MR) is 51.6 cm³/mol. The van der Waals surface area contributed by atoms with Gasteiger partial charge in [-0.2, -0.15) is 0 Å². The standard InChI is InChI=1S/C10H16N2O/c1-10(9-4-3-7-13-9)8-12(2)6-5-11-10/h3-4,7,11H,5-6,8H2,1-2H3. The zero-order valence-corrected chi connectivity index (χ0v) is 8.21. The second-order valence-corrected chi connectivity index (χ2v) is 3.97. The summed E-state index contributed by atoms with van der Waals surface area (Å²) in [6.45, 7) is 5.31. The monoisotopic (exact) mass is 180 g/mol. The van der Waals surface area contributed by atoms with Crippen LogP contribution in [-0.4, -0.2) is 31.6 Å². The highest BCUT2D eigenvalue weighted by molar-refractivity contribution is 5.13. The Labute approximate surface area is 78.7 Å². The molecule has 0 aromatic carbocycles. The number of furan rings is 1. The molecule has 1 N–H and O–H groups in total. The lowest BCUT2D eigenvalue weighted by atomic mass is 9.96. The van der Waals surface area contributed by atoms with E-state index in [0.29, 0.717) is 0 Å². The summed E-state index contributed by atoms with van der Waals surface area (Å²) in [6, 6.07) is 3.98. The maximum absolute atomic E-state index is 5.44. The van der Waals surface area contributed by atoms with Crippen molar-refractivity contribution in [2.45, 2.75) is 12.5 Å². The van der Waals surface area contributed by atoms with Crippen molar-refractivity contribution in [3.05, 3.63) is 24.2 Å². The second kappa shape index (κ2) is 3.16. The lowest BCUT2D eigenvalue weighted by molar-refractivity contribution is 0.149. The smallest absolute Gasteiger partial charge is 0.124 e. The van der Waals surface area contributed by atoms with E-state index < -0.39 is 0 Å². The van der Waals surface area contributed by atoms with Crippen LogP contribution in [0.4, 0.5) is 0 Å². The Balaban J connectivity index is 2.20. The Bertz CT molecular complexity index is 270. The first-order chi connectivity index (χ1) is 6.21. The summed E-state index contributed by atoms with van der Waals surface area (Å²) in [6.07, 6.45) is 1.73. The van der Waals surface area contributed by atoms with Crippen molar-refractivity contribution in [1.29, 1.82) is 0 Å². The van der Waals surface area contributed by atoms with Crippen LogP contribution in [0.3, 0.4) is 0 Å². The Kier molecular flexibility index (Phi) is 2.14. The quantitative estimate of drug-likeness (QED) is 0.699. The van der Waals surface area contributed by atoms with Gasteiger partial charge in [-0.05, 0) is 26.1 Å². The van der Waals surface area contributed by atoms with Crippen molar-refractivity contribution >= 4 is 0 Å². The number of nitrogens with zero attached hydrogens (tertiary/aromatic N) is 1. The van der Waals surface area contributed by atoms with Gasteiger partial charge in [-0.25, -0.2) is 0 Å². The molecule has 1 saturated heterocycles. The summed E-state index contributed by atoms with van der Waals surface area (Å²) in [5.74, 6) is 1.03. The third-order valence-electron chi connectivity index (χ3n) is 2.66. The molecular weight excluding hydrogens is 164 g/mol. The van der Waals surface area contributed by atoms with Gasteiger partial charge in [0.25, 0.3) is 0 Å². The fraction of sp³-hybridized carbons (Fsp3) is 0.600. The van der Waals surface area contributed by atoms with Crippen LogP contribution in [0.1, 0.15) is 12.7 Å². The van der Waals surface area contributed by atoms with Gasteiger partial charge in [0.05, 0.1) is 11.8 Å². The second-order valence-electron chi connectivity index (χ2n) is 3.97. The maximum Gasteiger partial charge on any atom is 0.124 e. The molecule has 0 aliphatic carbocycles. The van der Waals surface area contributed by atoms with E-state index in [1.54, 1.807) is 6.26 Å². The minimum atomic E-state index is -0.0174. The normalized spacial score (nSPS) is 30.6. The molecule has 0 saturated carbocycles. The average Bonchev–Trinajstić information content (AvgIpc) is 2.55. The van der Waals surface area contributed by atoms with Crippen molar-refractivity contribution in [3.63, 3.8) is 0 Å². The summed E-state index contributed by atoms with van der Waals surface area (Å²) in [5, 5.41) is 3.49. The van der Waals surface area contributed by atoms with Gasteiger partial charge in [0.15, 0.2) is 0 Å². The molecule has 0 bridgehead atoms. The van der Waals surface area contributed by atoms with Crippen LogP contribution in [0.2, 0.25) is 0 Å². The van der Waals surface area contributed by atoms with Gasteiger partial charge < -0.3 is 14.6 Å². The van der Waals surface area contributed by atoms with E-state index in [9.17, 15) is 0 Å². The highest BCUT2D eigenvalue weighted by atomic mass is 16.3. The fourth-order valence-electron chi connectivity index (χ4n) is 1.96. The molecule has 0 radical (unpaired) electrons. The minimum absolute atomic E-state index is 0.0174. The molecule has 2 heterocycles. The molecule has 1 unspecified atom stereocenters. The van der Waals surface area contributed by atoms with Crippen LogP contribution in [0, 0.1) is 0 Å². The molecule has 1 aliphatic rings. The predicted octanol–water partition coefficient (Wildman–Crippen LogP) is 1.03. The minimum Gasteiger partial charge on any atom is -0.467 e. The molecule has 1 fully saturated rings. The molecule has 1 aromatic heterocycles. The third kappa shape index (κ3) is 1.62. The number of rotatable bonds is 1. The molecule has 1 atom stereocenters. The van der Waals surface area contributed by atoms with Gasteiger partial charge in [0.1, 0.15) is 5.76 Å². The van der Waals surface area contributed by atoms with Crippen molar-refractivity contribution in [1.82, 2.24) is 10.2 Å². The lowest BCUT2D eigenvalue weighted by Gasteiger charge is -2.38. The molecule has 3 nitrogen and oxygen atoms in total. The van der Waals surface area contributed by atoms with E-state index in [4.69, 9.17) is 4.42 Å². The number of nitrogens with one attached hydrogen (secondary N) is 1. The third-order valence-corrected chi connectivity index (χ3v) is 2.66. The first kappa shape index (κ1) is 8.78. The molecule has 3 heteroatoms. The van der Waals surface area contributed by atoms with Crippen LogP contribution < -0.4 is 5.32 Å². The number of hydrogen-bond donors (Lipinski definition) is 1. The van der Waals surface area contributed by atoms with E-state index in [1.807, 2.05) is 12.1 Å².